The minimum Gasteiger partial charge on any atom is -0.388 e. The molecule has 0 amide bonds. The van der Waals surface area contributed by atoms with Gasteiger partial charge in [0, 0.05) is 24.4 Å². The molecule has 96 valence electrons. The lowest BCUT2D eigenvalue weighted by Crippen LogP contribution is -2.26. The molecule has 0 radical (unpaired) electrons. The zero-order chi connectivity index (χ0) is 12.8. The molecule has 17 heavy (non-hydrogen) atoms. The van der Waals surface area contributed by atoms with E-state index in [-0.39, 0.29) is 5.78 Å². The fourth-order valence-corrected chi connectivity index (χ4v) is 2.04. The Hall–Kier alpha value is -1.16. The first-order valence-electron chi connectivity index (χ1n) is 6.23. The van der Waals surface area contributed by atoms with Crippen molar-refractivity contribution in [1.82, 2.24) is 10.2 Å². The number of ketones is 1. The fraction of sp³-hybridized carbons (Fsp3) is 0.692. The molecular formula is C13H23N3O. The van der Waals surface area contributed by atoms with Crippen molar-refractivity contribution in [3.8, 4) is 0 Å². The summed E-state index contributed by atoms with van der Waals surface area (Å²) in [5.41, 5.74) is 2.00. The molecule has 0 aromatic heterocycles. The van der Waals surface area contributed by atoms with Crippen molar-refractivity contribution in [3.05, 3.63) is 11.3 Å². The average molecular weight is 237 g/mol. The zero-order valence-electron chi connectivity index (χ0n) is 11.1. The Morgan fingerprint density at radius 1 is 1.41 bits per heavy atom. The van der Waals surface area contributed by atoms with Crippen LogP contribution in [0.5, 0.6) is 0 Å². The summed E-state index contributed by atoms with van der Waals surface area (Å²) in [4.78, 5) is 13.9. The molecule has 4 nitrogen and oxygen atoms in total. The smallest absolute Gasteiger partial charge is 0.166 e. The van der Waals surface area contributed by atoms with Crippen LogP contribution in [0.4, 0.5) is 0 Å². The maximum absolute atomic E-state index is 11.7. The second-order valence-corrected chi connectivity index (χ2v) is 4.84. The van der Waals surface area contributed by atoms with Crippen LogP contribution in [0.3, 0.4) is 0 Å². The van der Waals surface area contributed by atoms with Gasteiger partial charge in [-0.05, 0) is 46.8 Å². The molecule has 0 bridgehead atoms. The van der Waals surface area contributed by atoms with Gasteiger partial charge in [-0.1, -0.05) is 0 Å². The molecule has 0 aromatic carbocycles. The third-order valence-corrected chi connectivity index (χ3v) is 2.96. The van der Waals surface area contributed by atoms with Gasteiger partial charge in [-0.3, -0.25) is 4.79 Å². The Kier molecular flexibility index (Phi) is 5.35. The van der Waals surface area contributed by atoms with Crippen LogP contribution in [0.1, 0.15) is 32.6 Å². The predicted molar refractivity (Wildman–Crippen MR) is 70.5 cm³/mol. The van der Waals surface area contributed by atoms with E-state index in [4.69, 9.17) is 5.41 Å². The number of hydrogen-bond acceptors (Lipinski definition) is 4. The first-order valence-corrected chi connectivity index (χ1v) is 6.23. The van der Waals surface area contributed by atoms with E-state index in [0.29, 0.717) is 17.7 Å². The highest BCUT2D eigenvalue weighted by Crippen LogP contribution is 2.18. The van der Waals surface area contributed by atoms with Crippen molar-refractivity contribution in [2.45, 2.75) is 32.6 Å². The highest BCUT2D eigenvalue weighted by molar-refractivity contribution is 6.23. The molecule has 0 unspecified atom stereocenters. The van der Waals surface area contributed by atoms with Gasteiger partial charge in [0.05, 0.1) is 5.57 Å². The molecule has 4 heteroatoms. The van der Waals surface area contributed by atoms with Crippen LogP contribution in [0, 0.1) is 5.41 Å². The van der Waals surface area contributed by atoms with Crippen LogP contribution in [0.25, 0.3) is 0 Å². The SMILES string of the molecule is C/C(NCCCN(C)C)=C1/C(=N)CCCC1=O. The van der Waals surface area contributed by atoms with Crippen LogP contribution < -0.4 is 5.32 Å². The molecule has 0 heterocycles. The van der Waals surface area contributed by atoms with Crippen LogP contribution >= 0.6 is 0 Å². The molecular weight excluding hydrogens is 214 g/mol. The number of carbonyl (C=O) groups excluding carboxylic acids is 1. The molecule has 0 spiro atoms. The van der Waals surface area contributed by atoms with E-state index >= 15 is 0 Å². The molecule has 1 rings (SSSR count). The third kappa shape index (κ3) is 4.30. The zero-order valence-corrected chi connectivity index (χ0v) is 11.1. The fourth-order valence-electron chi connectivity index (χ4n) is 2.04. The van der Waals surface area contributed by atoms with Crippen molar-refractivity contribution in [2.24, 2.45) is 0 Å². The number of Topliss-reactive ketones (excluding diaryl/α,β-unsaturated/α-hetero) is 1. The van der Waals surface area contributed by atoms with Crippen LogP contribution in [-0.2, 0) is 4.79 Å². The van der Waals surface area contributed by atoms with Gasteiger partial charge in [0.25, 0.3) is 0 Å². The summed E-state index contributed by atoms with van der Waals surface area (Å²) < 4.78 is 0. The summed E-state index contributed by atoms with van der Waals surface area (Å²) in [6, 6.07) is 0. The highest BCUT2D eigenvalue weighted by Gasteiger charge is 2.22. The van der Waals surface area contributed by atoms with Gasteiger partial charge >= 0.3 is 0 Å². The van der Waals surface area contributed by atoms with Gasteiger partial charge in [-0.25, -0.2) is 0 Å². The Morgan fingerprint density at radius 2 is 2.12 bits per heavy atom. The number of hydrogen-bond donors (Lipinski definition) is 2. The van der Waals surface area contributed by atoms with Crippen LogP contribution in [0.2, 0.25) is 0 Å². The van der Waals surface area contributed by atoms with Crippen molar-refractivity contribution in [3.63, 3.8) is 0 Å². The largest absolute Gasteiger partial charge is 0.388 e. The van der Waals surface area contributed by atoms with Crippen LogP contribution in [-0.4, -0.2) is 43.6 Å². The Labute approximate surface area is 104 Å². The van der Waals surface area contributed by atoms with Gasteiger partial charge in [-0.2, -0.15) is 0 Å². The van der Waals surface area contributed by atoms with E-state index < -0.39 is 0 Å². The maximum atomic E-state index is 11.7. The lowest BCUT2D eigenvalue weighted by molar-refractivity contribution is -0.115. The summed E-state index contributed by atoms with van der Waals surface area (Å²) in [5, 5.41) is 11.1. The topological polar surface area (TPSA) is 56.2 Å². The summed E-state index contributed by atoms with van der Waals surface area (Å²) in [7, 11) is 4.09. The van der Waals surface area contributed by atoms with E-state index in [1.807, 2.05) is 21.0 Å². The minimum absolute atomic E-state index is 0.124. The highest BCUT2D eigenvalue weighted by atomic mass is 16.1. The molecule has 1 saturated carbocycles. The lowest BCUT2D eigenvalue weighted by Gasteiger charge is -2.18. The number of nitrogens with one attached hydrogen (secondary N) is 2. The van der Waals surface area contributed by atoms with Crippen molar-refractivity contribution < 1.29 is 4.79 Å². The maximum Gasteiger partial charge on any atom is 0.166 e. The molecule has 2 N–H and O–H groups in total. The number of nitrogens with zero attached hydrogens (tertiary/aromatic N) is 1. The van der Waals surface area contributed by atoms with Crippen LogP contribution in [0.15, 0.2) is 11.3 Å². The van der Waals surface area contributed by atoms with Gasteiger partial charge < -0.3 is 15.6 Å². The van der Waals surface area contributed by atoms with E-state index in [2.05, 4.69) is 10.2 Å². The van der Waals surface area contributed by atoms with Gasteiger partial charge in [-0.15, -0.1) is 0 Å². The number of allylic oxidation sites excluding steroid dienone is 2. The summed E-state index contributed by atoms with van der Waals surface area (Å²) in [5.74, 6) is 0.124. The molecule has 0 saturated heterocycles. The van der Waals surface area contributed by atoms with E-state index in [0.717, 1.165) is 38.0 Å². The van der Waals surface area contributed by atoms with E-state index in [1.165, 1.54) is 0 Å². The van der Waals surface area contributed by atoms with Crippen molar-refractivity contribution in [1.29, 1.82) is 5.41 Å². The summed E-state index contributed by atoms with van der Waals surface area (Å²) >= 11 is 0. The average Bonchev–Trinajstić information content (AvgIpc) is 2.24. The second kappa shape index (κ2) is 6.55. The molecule has 0 atom stereocenters. The monoisotopic (exact) mass is 237 g/mol. The van der Waals surface area contributed by atoms with Gasteiger partial charge in [0.1, 0.15) is 0 Å². The quantitative estimate of drug-likeness (QED) is 0.564. The molecule has 0 aliphatic heterocycles. The third-order valence-electron chi connectivity index (χ3n) is 2.96. The summed E-state index contributed by atoms with van der Waals surface area (Å²) in [6.07, 6.45) is 3.19. The van der Waals surface area contributed by atoms with Crippen molar-refractivity contribution >= 4 is 11.5 Å². The van der Waals surface area contributed by atoms with Gasteiger partial charge in [0.2, 0.25) is 0 Å². The minimum atomic E-state index is 0.124. The van der Waals surface area contributed by atoms with Crippen molar-refractivity contribution in [2.75, 3.05) is 27.2 Å². The molecule has 1 fully saturated rings. The first-order chi connectivity index (χ1) is 8.02. The lowest BCUT2D eigenvalue weighted by atomic mass is 9.90. The molecule has 0 aromatic rings. The van der Waals surface area contributed by atoms with E-state index in [1.54, 1.807) is 0 Å². The molecule has 1 aliphatic rings. The predicted octanol–water partition coefficient (Wildman–Crippen LogP) is 1.57. The molecule has 1 aliphatic carbocycles. The Bertz CT molecular complexity index is 314. The van der Waals surface area contributed by atoms with E-state index in [9.17, 15) is 4.79 Å². The number of carbonyl (C=O) groups is 1. The second-order valence-electron chi connectivity index (χ2n) is 4.84. The van der Waals surface area contributed by atoms with Gasteiger partial charge in [0.15, 0.2) is 5.78 Å². The number of rotatable bonds is 5. The standard InChI is InChI=1S/C13H23N3O/c1-10(15-8-5-9-16(2)3)13-11(14)6-4-7-12(13)17/h14-15H,4-9H2,1-3H3/b13-10+,14-11?. The Morgan fingerprint density at radius 3 is 2.71 bits per heavy atom. The summed E-state index contributed by atoms with van der Waals surface area (Å²) in [6.45, 7) is 3.79. The Balaban J connectivity index is 2.50. The first kappa shape index (κ1) is 13.9. The normalized spacial score (nSPS) is 19.8.